The highest BCUT2D eigenvalue weighted by atomic mass is 79.9. The summed E-state index contributed by atoms with van der Waals surface area (Å²) in [4.78, 5) is 17.5. The van der Waals surface area contributed by atoms with Gasteiger partial charge >= 0.3 is 0 Å². The van der Waals surface area contributed by atoms with Crippen molar-refractivity contribution in [1.29, 1.82) is 0 Å². The van der Waals surface area contributed by atoms with Crippen molar-refractivity contribution >= 4 is 21.8 Å². The van der Waals surface area contributed by atoms with Crippen molar-refractivity contribution in [2.75, 3.05) is 6.54 Å². The maximum atomic E-state index is 12.3. The average Bonchev–Trinajstić information content (AvgIpc) is 2.85. The van der Waals surface area contributed by atoms with Crippen molar-refractivity contribution < 1.29 is 4.79 Å². The number of aromatic nitrogens is 1. The maximum absolute atomic E-state index is 12.3. The Hall–Kier alpha value is -1.55. The lowest BCUT2D eigenvalue weighted by Gasteiger charge is -2.27. The third-order valence-electron chi connectivity index (χ3n) is 3.52. The van der Waals surface area contributed by atoms with Crippen molar-refractivity contribution in [2.45, 2.75) is 19.4 Å². The zero-order chi connectivity index (χ0) is 13.2. The Bertz CT molecular complexity index is 606. The summed E-state index contributed by atoms with van der Waals surface area (Å²) in [5.74, 6) is 0.199. The standard InChI is InChI=1S/C15H15BrN2O/c16-13-3-1-2-11(8-13)9-15(19)18-7-5-14-12(10-18)4-6-17-14/h1-4,6,8,17H,5,7,9-10H2. The Balaban J connectivity index is 1.69. The number of aromatic amines is 1. The van der Waals surface area contributed by atoms with Gasteiger partial charge in [0.25, 0.3) is 0 Å². The van der Waals surface area contributed by atoms with Gasteiger partial charge in [0.2, 0.25) is 5.91 Å². The summed E-state index contributed by atoms with van der Waals surface area (Å²) in [5, 5.41) is 0. The number of H-pyrrole nitrogens is 1. The minimum Gasteiger partial charge on any atom is -0.365 e. The molecule has 0 saturated carbocycles. The van der Waals surface area contributed by atoms with Gasteiger partial charge in [-0.2, -0.15) is 0 Å². The number of carbonyl (C=O) groups is 1. The summed E-state index contributed by atoms with van der Waals surface area (Å²) in [7, 11) is 0. The largest absolute Gasteiger partial charge is 0.365 e. The van der Waals surface area contributed by atoms with E-state index in [2.05, 4.69) is 27.0 Å². The van der Waals surface area contributed by atoms with Crippen LogP contribution in [0.1, 0.15) is 16.8 Å². The van der Waals surface area contributed by atoms with Gasteiger partial charge in [0.1, 0.15) is 0 Å². The molecule has 0 unspecified atom stereocenters. The Morgan fingerprint density at radius 1 is 1.37 bits per heavy atom. The van der Waals surface area contributed by atoms with Crippen LogP contribution in [0, 0.1) is 0 Å². The monoisotopic (exact) mass is 318 g/mol. The molecule has 0 bridgehead atoms. The number of hydrogen-bond acceptors (Lipinski definition) is 1. The Labute approximate surface area is 120 Å². The molecule has 1 aromatic carbocycles. The number of halogens is 1. The fourth-order valence-corrected chi connectivity index (χ4v) is 2.94. The van der Waals surface area contributed by atoms with Crippen LogP contribution in [0.2, 0.25) is 0 Å². The first-order valence-corrected chi connectivity index (χ1v) is 7.19. The summed E-state index contributed by atoms with van der Waals surface area (Å²) >= 11 is 3.44. The van der Waals surface area contributed by atoms with Gasteiger partial charge in [-0.15, -0.1) is 0 Å². The Kier molecular flexibility index (Phi) is 3.42. The highest BCUT2D eigenvalue weighted by molar-refractivity contribution is 9.10. The van der Waals surface area contributed by atoms with E-state index in [-0.39, 0.29) is 5.91 Å². The topological polar surface area (TPSA) is 36.1 Å². The SMILES string of the molecule is O=C(Cc1cccc(Br)c1)N1CCc2[nH]ccc2C1. The smallest absolute Gasteiger partial charge is 0.227 e. The molecule has 1 aromatic heterocycles. The van der Waals surface area contributed by atoms with Crippen LogP contribution < -0.4 is 0 Å². The molecular weight excluding hydrogens is 304 g/mol. The van der Waals surface area contributed by atoms with Crippen LogP contribution in [0.25, 0.3) is 0 Å². The van der Waals surface area contributed by atoms with E-state index in [1.807, 2.05) is 35.4 Å². The lowest BCUT2D eigenvalue weighted by atomic mass is 10.1. The predicted molar refractivity (Wildman–Crippen MR) is 77.8 cm³/mol. The molecule has 0 spiro atoms. The zero-order valence-corrected chi connectivity index (χ0v) is 12.1. The van der Waals surface area contributed by atoms with Crippen molar-refractivity contribution in [1.82, 2.24) is 9.88 Å². The van der Waals surface area contributed by atoms with Crippen molar-refractivity contribution in [2.24, 2.45) is 0 Å². The van der Waals surface area contributed by atoms with E-state index in [1.165, 1.54) is 11.3 Å². The van der Waals surface area contributed by atoms with E-state index >= 15 is 0 Å². The van der Waals surface area contributed by atoms with Gasteiger partial charge in [0, 0.05) is 35.9 Å². The van der Waals surface area contributed by atoms with Crippen LogP contribution in [-0.4, -0.2) is 22.3 Å². The molecule has 2 heterocycles. The third-order valence-corrected chi connectivity index (χ3v) is 4.01. The molecule has 3 nitrogen and oxygen atoms in total. The molecule has 1 N–H and O–H groups in total. The highest BCUT2D eigenvalue weighted by Gasteiger charge is 2.21. The minimum absolute atomic E-state index is 0.199. The summed E-state index contributed by atoms with van der Waals surface area (Å²) in [5.41, 5.74) is 3.57. The second kappa shape index (κ2) is 5.21. The van der Waals surface area contributed by atoms with E-state index in [0.29, 0.717) is 6.42 Å². The highest BCUT2D eigenvalue weighted by Crippen LogP contribution is 2.19. The van der Waals surface area contributed by atoms with Crippen molar-refractivity contribution in [3.63, 3.8) is 0 Å². The fourth-order valence-electron chi connectivity index (χ4n) is 2.49. The maximum Gasteiger partial charge on any atom is 0.227 e. The van der Waals surface area contributed by atoms with Gasteiger partial charge < -0.3 is 9.88 Å². The number of hydrogen-bond donors (Lipinski definition) is 1. The van der Waals surface area contributed by atoms with E-state index in [1.54, 1.807) is 0 Å². The van der Waals surface area contributed by atoms with Crippen LogP contribution in [0.4, 0.5) is 0 Å². The molecule has 1 amide bonds. The van der Waals surface area contributed by atoms with Crippen LogP contribution in [0.3, 0.4) is 0 Å². The molecule has 1 aliphatic heterocycles. The quantitative estimate of drug-likeness (QED) is 0.908. The molecule has 4 heteroatoms. The molecule has 0 atom stereocenters. The molecule has 0 fully saturated rings. The summed E-state index contributed by atoms with van der Waals surface area (Å²) in [6.45, 7) is 1.53. The number of carbonyl (C=O) groups excluding carboxylic acids is 1. The average molecular weight is 319 g/mol. The second-order valence-corrected chi connectivity index (χ2v) is 5.77. The molecule has 2 aromatic rings. The Morgan fingerprint density at radius 3 is 3.11 bits per heavy atom. The molecular formula is C15H15BrN2O. The normalized spacial score (nSPS) is 14.3. The third kappa shape index (κ3) is 2.73. The van der Waals surface area contributed by atoms with E-state index in [4.69, 9.17) is 0 Å². The van der Waals surface area contributed by atoms with Crippen LogP contribution in [0.5, 0.6) is 0 Å². The van der Waals surface area contributed by atoms with Gasteiger partial charge in [-0.05, 0) is 29.3 Å². The van der Waals surface area contributed by atoms with Crippen LogP contribution in [-0.2, 0) is 24.2 Å². The first kappa shape index (κ1) is 12.5. The molecule has 0 saturated heterocycles. The molecule has 19 heavy (non-hydrogen) atoms. The first-order chi connectivity index (χ1) is 9.22. The van der Waals surface area contributed by atoms with Gasteiger partial charge in [0.15, 0.2) is 0 Å². The number of fused-ring (bicyclic) bond motifs is 1. The second-order valence-electron chi connectivity index (χ2n) is 4.85. The minimum atomic E-state index is 0.199. The number of nitrogens with one attached hydrogen (secondary N) is 1. The van der Waals surface area contributed by atoms with Crippen molar-refractivity contribution in [3.8, 4) is 0 Å². The van der Waals surface area contributed by atoms with Crippen molar-refractivity contribution in [3.05, 3.63) is 57.8 Å². The van der Waals surface area contributed by atoms with Gasteiger partial charge in [-0.1, -0.05) is 28.1 Å². The molecule has 0 aliphatic carbocycles. The molecule has 0 radical (unpaired) electrons. The van der Waals surface area contributed by atoms with Gasteiger partial charge in [-0.25, -0.2) is 0 Å². The molecule has 3 rings (SSSR count). The van der Waals surface area contributed by atoms with Crippen LogP contribution in [0.15, 0.2) is 41.0 Å². The van der Waals surface area contributed by atoms with Gasteiger partial charge in [0.05, 0.1) is 6.42 Å². The fraction of sp³-hybridized carbons (Fsp3) is 0.267. The van der Waals surface area contributed by atoms with E-state index in [0.717, 1.165) is 29.5 Å². The first-order valence-electron chi connectivity index (χ1n) is 6.40. The zero-order valence-electron chi connectivity index (χ0n) is 10.5. The van der Waals surface area contributed by atoms with Crippen LogP contribution >= 0.6 is 15.9 Å². The molecule has 1 aliphatic rings. The van der Waals surface area contributed by atoms with E-state index in [9.17, 15) is 4.79 Å². The number of rotatable bonds is 2. The summed E-state index contributed by atoms with van der Waals surface area (Å²) in [6.07, 6.45) is 3.35. The number of amides is 1. The number of nitrogens with zero attached hydrogens (tertiary/aromatic N) is 1. The molecule has 98 valence electrons. The Morgan fingerprint density at radius 2 is 2.26 bits per heavy atom. The lowest BCUT2D eigenvalue weighted by molar-refractivity contribution is -0.131. The van der Waals surface area contributed by atoms with Gasteiger partial charge in [-0.3, -0.25) is 4.79 Å². The lowest BCUT2D eigenvalue weighted by Crippen LogP contribution is -2.36. The number of benzene rings is 1. The summed E-state index contributed by atoms with van der Waals surface area (Å²) < 4.78 is 1.02. The summed E-state index contributed by atoms with van der Waals surface area (Å²) in [6, 6.07) is 10.00. The van der Waals surface area contributed by atoms with E-state index < -0.39 is 0 Å². The predicted octanol–water partition coefficient (Wildman–Crippen LogP) is 2.90.